The van der Waals surface area contributed by atoms with Crippen LogP contribution in [-0.4, -0.2) is 30.0 Å². The number of ether oxygens (including phenoxy) is 2. The van der Waals surface area contributed by atoms with E-state index in [1.54, 1.807) is 32.4 Å². The van der Waals surface area contributed by atoms with Gasteiger partial charge in [-0.05, 0) is 55.1 Å². The molecule has 0 radical (unpaired) electrons. The van der Waals surface area contributed by atoms with Gasteiger partial charge in [-0.1, -0.05) is 46.8 Å². The second-order valence-electron chi connectivity index (χ2n) is 10.1. The Morgan fingerprint density at radius 1 is 1.32 bits per heavy atom. The van der Waals surface area contributed by atoms with Crippen LogP contribution in [0.5, 0.6) is 0 Å². The molecule has 2 aliphatic carbocycles. The molecule has 34 heavy (non-hydrogen) atoms. The van der Waals surface area contributed by atoms with E-state index in [4.69, 9.17) is 14.9 Å². The third kappa shape index (κ3) is 4.68. The number of hydrogen-bond donors (Lipinski definition) is 1. The second-order valence-corrected chi connectivity index (χ2v) is 10.1. The smallest absolute Gasteiger partial charge is 0.343 e. The molecular formula is C28H38N2O4. The van der Waals surface area contributed by atoms with Gasteiger partial charge in [0.25, 0.3) is 0 Å². The highest BCUT2D eigenvalue weighted by molar-refractivity contribution is 6.16. The maximum absolute atomic E-state index is 13.2. The normalized spacial score (nSPS) is 24.0. The summed E-state index contributed by atoms with van der Waals surface area (Å²) in [7, 11) is 1.56. The molecule has 3 unspecified atom stereocenters. The highest BCUT2D eigenvalue weighted by Crippen LogP contribution is 2.50. The molecule has 0 bridgehead atoms. The van der Waals surface area contributed by atoms with Crippen molar-refractivity contribution in [3.05, 3.63) is 63.3 Å². The number of allylic oxidation sites excluding steroid dienone is 5. The number of carbonyl (C=O) groups excluding carboxylic acids is 1. The number of pyridine rings is 1. The molecule has 1 heterocycles. The van der Waals surface area contributed by atoms with Crippen LogP contribution in [0.3, 0.4) is 0 Å². The Hall–Kier alpha value is -2.89. The molecule has 0 amide bonds. The highest BCUT2D eigenvalue weighted by atomic mass is 16.5. The zero-order valence-electron chi connectivity index (χ0n) is 21.5. The lowest BCUT2D eigenvalue weighted by Gasteiger charge is -2.36. The summed E-state index contributed by atoms with van der Waals surface area (Å²) in [4.78, 5) is 25.9. The molecule has 1 saturated carbocycles. The Bertz CT molecular complexity index is 1120. The van der Waals surface area contributed by atoms with E-state index in [1.165, 1.54) is 0 Å². The molecule has 3 rings (SSSR count). The molecule has 184 valence electrons. The maximum Gasteiger partial charge on any atom is 0.343 e. The van der Waals surface area contributed by atoms with Gasteiger partial charge >= 0.3 is 5.97 Å². The molecule has 6 nitrogen and oxygen atoms in total. The zero-order chi connectivity index (χ0) is 25.2. The van der Waals surface area contributed by atoms with Crippen LogP contribution in [0.15, 0.2) is 46.6 Å². The van der Waals surface area contributed by atoms with Crippen LogP contribution in [-0.2, 0) is 9.47 Å². The second kappa shape index (κ2) is 10.2. The molecule has 6 heteroatoms. The summed E-state index contributed by atoms with van der Waals surface area (Å²) in [6.45, 7) is 12.9. The standard InChI is InChI=1S/C28H38N2O4/c1-8-17(3)24(19-11-10-12-23(33-7)25(19)29)21-15-22(31)20(27(32)34-9-2)16-30(21)26-18(4)13-14-28(26,5)6/h10-12,15-18,26,29H,8-9,13-14H2,1-7H3/b24-19+,29-25?. The quantitative estimate of drug-likeness (QED) is 0.504. The van der Waals surface area contributed by atoms with Crippen molar-refractivity contribution in [2.45, 2.75) is 66.8 Å². The molecule has 1 aromatic rings. The molecule has 1 aromatic heterocycles. The van der Waals surface area contributed by atoms with Crippen molar-refractivity contribution in [1.82, 2.24) is 4.57 Å². The van der Waals surface area contributed by atoms with Crippen molar-refractivity contribution in [2.24, 2.45) is 17.3 Å². The number of hydrogen-bond acceptors (Lipinski definition) is 5. The van der Waals surface area contributed by atoms with Crippen molar-refractivity contribution >= 4 is 17.3 Å². The largest absolute Gasteiger partial charge is 0.494 e. The van der Waals surface area contributed by atoms with Gasteiger partial charge in [0.2, 0.25) is 0 Å². The monoisotopic (exact) mass is 466 g/mol. The molecule has 1 N–H and O–H groups in total. The van der Waals surface area contributed by atoms with Gasteiger partial charge in [0.1, 0.15) is 17.0 Å². The van der Waals surface area contributed by atoms with Gasteiger partial charge in [0.15, 0.2) is 5.43 Å². The number of nitrogens with one attached hydrogen (secondary N) is 1. The summed E-state index contributed by atoms with van der Waals surface area (Å²) >= 11 is 0. The van der Waals surface area contributed by atoms with Crippen molar-refractivity contribution in [1.29, 1.82) is 5.41 Å². The highest BCUT2D eigenvalue weighted by Gasteiger charge is 2.42. The van der Waals surface area contributed by atoms with Gasteiger partial charge in [-0.15, -0.1) is 0 Å². The summed E-state index contributed by atoms with van der Waals surface area (Å²) in [5, 5.41) is 8.80. The lowest BCUT2D eigenvalue weighted by atomic mass is 9.82. The fourth-order valence-corrected chi connectivity index (χ4v) is 5.47. The van der Waals surface area contributed by atoms with Crippen molar-refractivity contribution < 1.29 is 14.3 Å². The van der Waals surface area contributed by atoms with Gasteiger partial charge in [0, 0.05) is 29.6 Å². The third-order valence-corrected chi connectivity index (χ3v) is 7.38. The molecule has 0 aromatic carbocycles. The van der Waals surface area contributed by atoms with Crippen LogP contribution in [0.4, 0.5) is 0 Å². The van der Waals surface area contributed by atoms with E-state index in [2.05, 4.69) is 39.2 Å². The minimum Gasteiger partial charge on any atom is -0.494 e. The number of nitrogens with zero attached hydrogens (tertiary/aromatic N) is 1. The average Bonchev–Trinajstić information content (AvgIpc) is 3.07. The van der Waals surface area contributed by atoms with Gasteiger partial charge in [-0.2, -0.15) is 0 Å². The molecule has 0 spiro atoms. The van der Waals surface area contributed by atoms with Crippen LogP contribution in [0.25, 0.3) is 5.57 Å². The van der Waals surface area contributed by atoms with Crippen molar-refractivity contribution in [2.75, 3.05) is 13.7 Å². The topological polar surface area (TPSA) is 81.4 Å². The van der Waals surface area contributed by atoms with Crippen molar-refractivity contribution in [3.8, 4) is 0 Å². The van der Waals surface area contributed by atoms with E-state index in [0.717, 1.165) is 36.1 Å². The Labute approximate surface area is 202 Å². The summed E-state index contributed by atoms with van der Waals surface area (Å²) in [5.74, 6) is 0.342. The van der Waals surface area contributed by atoms with Crippen LogP contribution in [0.2, 0.25) is 0 Å². The number of rotatable bonds is 7. The first-order chi connectivity index (χ1) is 16.1. The minimum absolute atomic E-state index is 0.0199. The number of esters is 1. The Kier molecular flexibility index (Phi) is 7.69. The van der Waals surface area contributed by atoms with E-state index in [1.807, 2.05) is 12.2 Å². The molecular weight excluding hydrogens is 428 g/mol. The Morgan fingerprint density at radius 2 is 2.03 bits per heavy atom. The fraction of sp³-hybridized carbons (Fsp3) is 0.536. The first kappa shape index (κ1) is 25.7. The SMILES string of the molecule is CCOC(=O)c1cn(C2C(C)CCC2(C)C)c(/C(=C2\C=CC=C(OC)C2=N)C(C)CC)cc1=O. The average molecular weight is 467 g/mol. The van der Waals surface area contributed by atoms with Gasteiger partial charge in [-0.3, -0.25) is 10.2 Å². The van der Waals surface area contributed by atoms with E-state index >= 15 is 0 Å². The zero-order valence-corrected chi connectivity index (χ0v) is 21.5. The van der Waals surface area contributed by atoms with E-state index in [0.29, 0.717) is 17.4 Å². The van der Waals surface area contributed by atoms with Crippen LogP contribution < -0.4 is 5.43 Å². The molecule has 0 saturated heterocycles. The van der Waals surface area contributed by atoms with Crippen molar-refractivity contribution in [3.63, 3.8) is 0 Å². The first-order valence-corrected chi connectivity index (χ1v) is 12.3. The first-order valence-electron chi connectivity index (χ1n) is 12.3. The minimum atomic E-state index is -0.594. The summed E-state index contributed by atoms with van der Waals surface area (Å²) in [5.41, 5.74) is 2.41. The fourth-order valence-electron chi connectivity index (χ4n) is 5.47. The predicted molar refractivity (Wildman–Crippen MR) is 136 cm³/mol. The number of methoxy groups -OCH3 is 1. The lowest BCUT2D eigenvalue weighted by Crippen LogP contribution is -2.31. The molecule has 0 aliphatic heterocycles. The Balaban J connectivity index is 2.38. The third-order valence-electron chi connectivity index (χ3n) is 7.38. The van der Waals surface area contributed by atoms with E-state index in [-0.39, 0.29) is 35.0 Å². The Morgan fingerprint density at radius 3 is 2.59 bits per heavy atom. The lowest BCUT2D eigenvalue weighted by molar-refractivity contribution is 0.0522. The predicted octanol–water partition coefficient (Wildman–Crippen LogP) is 5.94. The van der Waals surface area contributed by atoms with E-state index in [9.17, 15) is 9.59 Å². The summed E-state index contributed by atoms with van der Waals surface area (Å²) in [6, 6.07) is 1.67. The maximum atomic E-state index is 13.2. The number of aromatic nitrogens is 1. The van der Waals surface area contributed by atoms with Gasteiger partial charge in [-0.25, -0.2) is 4.79 Å². The van der Waals surface area contributed by atoms with Crippen LogP contribution in [0.1, 0.15) is 82.9 Å². The summed E-state index contributed by atoms with van der Waals surface area (Å²) < 4.78 is 12.8. The van der Waals surface area contributed by atoms with Crippen LogP contribution >= 0.6 is 0 Å². The molecule has 2 aliphatic rings. The van der Waals surface area contributed by atoms with Crippen LogP contribution in [0, 0.1) is 22.7 Å². The number of carbonyl (C=O) groups is 1. The molecule has 1 fully saturated rings. The van der Waals surface area contributed by atoms with Gasteiger partial charge < -0.3 is 14.0 Å². The van der Waals surface area contributed by atoms with Gasteiger partial charge in [0.05, 0.1) is 13.7 Å². The molecule has 3 atom stereocenters. The van der Waals surface area contributed by atoms with E-state index < -0.39 is 5.97 Å². The summed E-state index contributed by atoms with van der Waals surface area (Å²) in [6.07, 6.45) is 10.2.